The molecule has 0 saturated carbocycles. The average molecular weight is 346 g/mol. The number of phenolic OH excluding ortho intramolecular Hbond substituents is 1. The van der Waals surface area contributed by atoms with Crippen molar-refractivity contribution in [2.45, 2.75) is 39.3 Å². The lowest BCUT2D eigenvalue weighted by Crippen LogP contribution is -2.38. The van der Waals surface area contributed by atoms with Gasteiger partial charge in [0.1, 0.15) is 0 Å². The van der Waals surface area contributed by atoms with E-state index < -0.39 is 5.60 Å². The molecule has 0 radical (unpaired) electrons. The Morgan fingerprint density at radius 2 is 2.05 bits per heavy atom. The highest BCUT2D eigenvalue weighted by Crippen LogP contribution is 2.35. The van der Waals surface area contributed by atoms with E-state index in [-0.39, 0.29) is 5.75 Å². The number of phenols is 1. The quantitative estimate of drug-likeness (QED) is 0.710. The van der Waals surface area contributed by atoms with Crippen molar-refractivity contribution >= 4 is 15.9 Å². The largest absolute Gasteiger partial charge is 0.503 e. The molecular weight excluding hydrogens is 322 g/mol. The van der Waals surface area contributed by atoms with E-state index in [9.17, 15) is 10.2 Å². The van der Waals surface area contributed by atoms with Gasteiger partial charge in [0.25, 0.3) is 0 Å². The fourth-order valence-corrected chi connectivity index (χ4v) is 2.80. The number of halogens is 1. The van der Waals surface area contributed by atoms with Crippen molar-refractivity contribution in [3.05, 3.63) is 22.2 Å². The number of rotatable bonds is 7. The molecule has 1 rings (SSSR count). The molecule has 114 valence electrons. The zero-order valence-corrected chi connectivity index (χ0v) is 14.1. The lowest BCUT2D eigenvalue weighted by Gasteiger charge is -2.25. The van der Waals surface area contributed by atoms with Crippen molar-refractivity contribution in [2.75, 3.05) is 13.7 Å². The van der Waals surface area contributed by atoms with Gasteiger partial charge in [-0.2, -0.15) is 0 Å². The third-order valence-electron chi connectivity index (χ3n) is 2.99. The molecule has 4 nitrogen and oxygen atoms in total. The van der Waals surface area contributed by atoms with E-state index in [0.717, 1.165) is 12.0 Å². The number of aromatic hydroxyl groups is 1. The van der Waals surface area contributed by atoms with Gasteiger partial charge in [-0.1, -0.05) is 13.8 Å². The lowest BCUT2D eigenvalue weighted by molar-refractivity contribution is 0.0383. The molecule has 5 heteroatoms. The van der Waals surface area contributed by atoms with Crippen LogP contribution in [-0.2, 0) is 6.54 Å². The van der Waals surface area contributed by atoms with Crippen molar-refractivity contribution in [1.82, 2.24) is 5.32 Å². The van der Waals surface area contributed by atoms with Crippen LogP contribution in [0.4, 0.5) is 0 Å². The molecule has 0 aliphatic rings. The first-order chi connectivity index (χ1) is 9.25. The molecule has 0 aromatic heterocycles. The second kappa shape index (κ2) is 7.29. The maximum atomic E-state index is 10.2. The molecule has 1 aromatic rings. The van der Waals surface area contributed by atoms with E-state index in [2.05, 4.69) is 35.1 Å². The first kappa shape index (κ1) is 17.3. The van der Waals surface area contributed by atoms with E-state index in [0.29, 0.717) is 29.2 Å². The average Bonchev–Trinajstić information content (AvgIpc) is 2.31. The monoisotopic (exact) mass is 345 g/mol. The van der Waals surface area contributed by atoms with Crippen molar-refractivity contribution in [2.24, 2.45) is 5.92 Å². The molecular formula is C15H24BrNO3. The molecule has 0 aliphatic heterocycles. The Labute approximate surface area is 129 Å². The summed E-state index contributed by atoms with van der Waals surface area (Å²) in [5.74, 6) is 0.989. The van der Waals surface area contributed by atoms with E-state index in [1.54, 1.807) is 6.07 Å². The molecule has 0 aliphatic carbocycles. The highest BCUT2D eigenvalue weighted by molar-refractivity contribution is 9.10. The molecule has 3 N–H and O–H groups in total. The van der Waals surface area contributed by atoms with Gasteiger partial charge in [-0.05, 0) is 52.9 Å². The predicted molar refractivity (Wildman–Crippen MR) is 84.1 cm³/mol. The summed E-state index contributed by atoms with van der Waals surface area (Å²) in [7, 11) is 1.52. The second-order valence-corrected chi connectivity index (χ2v) is 6.68. The van der Waals surface area contributed by atoms with Crippen LogP contribution in [0.25, 0.3) is 0 Å². The SMILES string of the molecule is COc1cc(CNCC(C)(O)CC(C)C)cc(Br)c1O. The third kappa shape index (κ3) is 5.31. The van der Waals surface area contributed by atoms with E-state index in [1.807, 2.05) is 13.0 Å². The van der Waals surface area contributed by atoms with Crippen LogP contribution in [0.1, 0.15) is 32.8 Å². The van der Waals surface area contributed by atoms with E-state index in [4.69, 9.17) is 4.74 Å². The molecule has 0 amide bonds. The molecule has 0 bridgehead atoms. The lowest BCUT2D eigenvalue weighted by atomic mass is 9.94. The predicted octanol–water partition coefficient (Wildman–Crippen LogP) is 3.05. The summed E-state index contributed by atoms with van der Waals surface area (Å²) < 4.78 is 5.71. The van der Waals surface area contributed by atoms with Crippen LogP contribution < -0.4 is 10.1 Å². The second-order valence-electron chi connectivity index (χ2n) is 5.83. The summed E-state index contributed by atoms with van der Waals surface area (Å²) in [6.45, 7) is 7.15. The highest BCUT2D eigenvalue weighted by atomic mass is 79.9. The highest BCUT2D eigenvalue weighted by Gasteiger charge is 2.21. The van der Waals surface area contributed by atoms with Crippen LogP contribution in [0.15, 0.2) is 16.6 Å². The Morgan fingerprint density at radius 3 is 2.60 bits per heavy atom. The summed E-state index contributed by atoms with van der Waals surface area (Å²) in [5, 5.41) is 23.2. The van der Waals surface area contributed by atoms with Gasteiger partial charge in [-0.3, -0.25) is 0 Å². The molecule has 0 spiro atoms. The summed E-state index contributed by atoms with van der Waals surface area (Å²) in [4.78, 5) is 0. The Morgan fingerprint density at radius 1 is 1.40 bits per heavy atom. The Balaban J connectivity index is 2.60. The smallest absolute Gasteiger partial charge is 0.172 e. The van der Waals surface area contributed by atoms with Crippen LogP contribution >= 0.6 is 15.9 Å². The van der Waals surface area contributed by atoms with Crippen molar-refractivity contribution < 1.29 is 14.9 Å². The summed E-state index contributed by atoms with van der Waals surface area (Å²) in [6.07, 6.45) is 0.753. The topological polar surface area (TPSA) is 61.7 Å². The molecule has 1 atom stereocenters. The van der Waals surface area contributed by atoms with Gasteiger partial charge in [0.15, 0.2) is 11.5 Å². The van der Waals surface area contributed by atoms with Crippen molar-refractivity contribution in [3.8, 4) is 11.5 Å². The molecule has 0 fully saturated rings. The Kier molecular flexibility index (Phi) is 6.30. The molecule has 1 unspecified atom stereocenters. The summed E-state index contributed by atoms with van der Waals surface area (Å²) in [5.41, 5.74) is 0.263. The number of nitrogens with one attached hydrogen (secondary N) is 1. The molecule has 0 heterocycles. The van der Waals surface area contributed by atoms with Crippen LogP contribution in [0.5, 0.6) is 11.5 Å². The number of hydrogen-bond acceptors (Lipinski definition) is 4. The number of benzene rings is 1. The van der Waals surface area contributed by atoms with Crippen LogP contribution in [0.2, 0.25) is 0 Å². The first-order valence-corrected chi connectivity index (χ1v) is 7.53. The van der Waals surface area contributed by atoms with Gasteiger partial charge in [0.05, 0.1) is 17.2 Å². The molecule has 0 saturated heterocycles. The fraction of sp³-hybridized carbons (Fsp3) is 0.600. The van der Waals surface area contributed by atoms with Crippen LogP contribution in [0, 0.1) is 5.92 Å². The Bertz CT molecular complexity index is 447. The van der Waals surface area contributed by atoms with E-state index >= 15 is 0 Å². The minimum Gasteiger partial charge on any atom is -0.503 e. The minimum atomic E-state index is -0.716. The van der Waals surface area contributed by atoms with E-state index in [1.165, 1.54) is 7.11 Å². The zero-order chi connectivity index (χ0) is 15.3. The maximum Gasteiger partial charge on any atom is 0.172 e. The normalized spacial score (nSPS) is 14.3. The number of hydrogen-bond donors (Lipinski definition) is 3. The number of methoxy groups -OCH3 is 1. The van der Waals surface area contributed by atoms with Gasteiger partial charge in [0, 0.05) is 13.1 Å². The number of aliphatic hydroxyl groups is 1. The Hall–Kier alpha value is -0.780. The maximum absolute atomic E-state index is 10.2. The molecule has 1 aromatic carbocycles. The van der Waals surface area contributed by atoms with Crippen molar-refractivity contribution in [3.63, 3.8) is 0 Å². The van der Waals surface area contributed by atoms with Gasteiger partial charge in [-0.15, -0.1) is 0 Å². The third-order valence-corrected chi connectivity index (χ3v) is 3.60. The van der Waals surface area contributed by atoms with Crippen LogP contribution in [-0.4, -0.2) is 29.5 Å². The van der Waals surface area contributed by atoms with Crippen molar-refractivity contribution in [1.29, 1.82) is 0 Å². The van der Waals surface area contributed by atoms with Gasteiger partial charge in [0.2, 0.25) is 0 Å². The minimum absolute atomic E-state index is 0.100. The molecule has 20 heavy (non-hydrogen) atoms. The van der Waals surface area contributed by atoms with Crippen LogP contribution in [0.3, 0.4) is 0 Å². The van der Waals surface area contributed by atoms with Gasteiger partial charge >= 0.3 is 0 Å². The first-order valence-electron chi connectivity index (χ1n) is 6.73. The van der Waals surface area contributed by atoms with Gasteiger partial charge < -0.3 is 20.3 Å². The summed E-state index contributed by atoms with van der Waals surface area (Å²) >= 11 is 3.29. The standard InChI is InChI=1S/C15H24BrNO3/c1-10(2)7-15(3,19)9-17-8-11-5-12(16)14(18)13(6-11)20-4/h5-6,10,17-19H,7-9H2,1-4H3. The number of ether oxygens (including phenoxy) is 1. The van der Waals surface area contributed by atoms with Gasteiger partial charge in [-0.25, -0.2) is 0 Å². The fourth-order valence-electron chi connectivity index (χ4n) is 2.31. The zero-order valence-electron chi connectivity index (χ0n) is 12.5. The summed E-state index contributed by atoms with van der Waals surface area (Å²) in [6, 6.07) is 3.62.